The van der Waals surface area contributed by atoms with E-state index in [-0.39, 0.29) is 0 Å². The van der Waals surface area contributed by atoms with Crippen molar-refractivity contribution < 1.29 is 4.74 Å². The van der Waals surface area contributed by atoms with Crippen LogP contribution in [-0.2, 0) is 0 Å². The molecule has 0 aromatic heterocycles. The van der Waals surface area contributed by atoms with Crippen molar-refractivity contribution >= 4 is 12.4 Å². The van der Waals surface area contributed by atoms with Crippen molar-refractivity contribution in [2.75, 3.05) is 7.11 Å². The molecule has 1 rings (SSSR count). The van der Waals surface area contributed by atoms with Gasteiger partial charge in [0, 0.05) is 0 Å². The van der Waals surface area contributed by atoms with E-state index in [1.165, 1.54) is 11.1 Å². The van der Waals surface area contributed by atoms with Gasteiger partial charge in [0.1, 0.15) is 11.4 Å². The lowest BCUT2D eigenvalue weighted by Gasteiger charge is -2.07. The van der Waals surface area contributed by atoms with Gasteiger partial charge in [-0.2, -0.15) is 0 Å². The molecule has 0 aliphatic heterocycles. The maximum absolute atomic E-state index is 5.14. The molecule has 0 atom stereocenters. The van der Waals surface area contributed by atoms with E-state index < -0.39 is 0 Å². The largest absolute Gasteiger partial charge is 0.494 e. The topological polar surface area (TPSA) is 21.6 Å². The van der Waals surface area contributed by atoms with Crippen molar-refractivity contribution in [1.29, 1.82) is 0 Å². The van der Waals surface area contributed by atoms with E-state index >= 15 is 0 Å². The first kappa shape index (κ1) is 8.78. The van der Waals surface area contributed by atoms with Gasteiger partial charge < -0.3 is 4.74 Å². The van der Waals surface area contributed by atoms with Crippen molar-refractivity contribution in [2.24, 2.45) is 4.99 Å². The monoisotopic (exact) mass is 163 g/mol. The molecule has 0 unspecified atom stereocenters. The number of methoxy groups -OCH3 is 1. The second kappa shape index (κ2) is 3.39. The lowest BCUT2D eigenvalue weighted by atomic mass is 10.1. The number of hydrogen-bond acceptors (Lipinski definition) is 2. The number of hydrogen-bond donors (Lipinski definition) is 0. The third-order valence-electron chi connectivity index (χ3n) is 1.97. The molecule has 0 radical (unpaired) electrons. The SMILES string of the molecule is C=Nc1cc(C)c(C)cc1OC. The Morgan fingerprint density at radius 2 is 1.83 bits per heavy atom. The average Bonchev–Trinajstić information content (AvgIpc) is 2.09. The summed E-state index contributed by atoms with van der Waals surface area (Å²) >= 11 is 0. The van der Waals surface area contributed by atoms with E-state index in [0.717, 1.165) is 11.4 Å². The van der Waals surface area contributed by atoms with Crippen LogP contribution < -0.4 is 4.74 Å². The van der Waals surface area contributed by atoms with Crippen LogP contribution in [0.4, 0.5) is 5.69 Å². The van der Waals surface area contributed by atoms with Gasteiger partial charge in [-0.3, -0.25) is 4.99 Å². The van der Waals surface area contributed by atoms with Crippen LogP contribution in [0.1, 0.15) is 11.1 Å². The van der Waals surface area contributed by atoms with Crippen molar-refractivity contribution in [1.82, 2.24) is 0 Å². The Morgan fingerprint density at radius 3 is 2.33 bits per heavy atom. The van der Waals surface area contributed by atoms with Crippen LogP contribution in [0.2, 0.25) is 0 Å². The molecule has 0 bridgehead atoms. The Hall–Kier alpha value is -1.31. The minimum absolute atomic E-state index is 0.785. The molecular formula is C10H13NO. The molecule has 64 valence electrons. The average molecular weight is 163 g/mol. The smallest absolute Gasteiger partial charge is 0.144 e. The summed E-state index contributed by atoms with van der Waals surface area (Å²) in [7, 11) is 1.64. The normalized spacial score (nSPS) is 9.58. The highest BCUT2D eigenvalue weighted by molar-refractivity contribution is 5.59. The van der Waals surface area contributed by atoms with E-state index in [1.807, 2.05) is 26.0 Å². The van der Waals surface area contributed by atoms with Gasteiger partial charge in [-0.15, -0.1) is 0 Å². The number of nitrogens with zero attached hydrogens (tertiary/aromatic N) is 1. The number of benzene rings is 1. The second-order valence-corrected chi connectivity index (χ2v) is 2.77. The molecule has 0 saturated carbocycles. The maximum atomic E-state index is 5.14. The highest BCUT2D eigenvalue weighted by Gasteiger charge is 2.02. The minimum Gasteiger partial charge on any atom is -0.494 e. The molecule has 2 nitrogen and oxygen atoms in total. The van der Waals surface area contributed by atoms with Crippen molar-refractivity contribution in [3.8, 4) is 5.75 Å². The van der Waals surface area contributed by atoms with E-state index in [9.17, 15) is 0 Å². The third-order valence-corrected chi connectivity index (χ3v) is 1.97. The lowest BCUT2D eigenvalue weighted by molar-refractivity contribution is 0.416. The van der Waals surface area contributed by atoms with Crippen LogP contribution in [0, 0.1) is 13.8 Å². The summed E-state index contributed by atoms with van der Waals surface area (Å²) in [6.07, 6.45) is 0. The van der Waals surface area contributed by atoms with E-state index in [4.69, 9.17) is 4.74 Å². The molecule has 1 aromatic rings. The summed E-state index contributed by atoms with van der Waals surface area (Å²) in [6.45, 7) is 7.57. The van der Waals surface area contributed by atoms with Crippen molar-refractivity contribution in [3.05, 3.63) is 23.3 Å². The zero-order valence-electron chi connectivity index (χ0n) is 7.72. The van der Waals surface area contributed by atoms with Crippen LogP contribution >= 0.6 is 0 Å². The summed E-state index contributed by atoms with van der Waals surface area (Å²) in [6, 6.07) is 3.94. The highest BCUT2D eigenvalue weighted by Crippen LogP contribution is 2.29. The summed E-state index contributed by atoms with van der Waals surface area (Å²) in [5.41, 5.74) is 3.22. The summed E-state index contributed by atoms with van der Waals surface area (Å²) in [4.78, 5) is 3.87. The Morgan fingerprint density at radius 1 is 1.25 bits per heavy atom. The molecule has 0 aliphatic carbocycles. The Kier molecular flexibility index (Phi) is 2.48. The molecule has 0 aliphatic rings. The van der Waals surface area contributed by atoms with Gasteiger partial charge in [-0.1, -0.05) is 0 Å². The fourth-order valence-corrected chi connectivity index (χ4v) is 1.06. The first-order valence-electron chi connectivity index (χ1n) is 3.81. The second-order valence-electron chi connectivity index (χ2n) is 2.77. The van der Waals surface area contributed by atoms with Crippen LogP contribution in [0.3, 0.4) is 0 Å². The quantitative estimate of drug-likeness (QED) is 0.614. The fourth-order valence-electron chi connectivity index (χ4n) is 1.06. The summed E-state index contributed by atoms with van der Waals surface area (Å²) < 4.78 is 5.14. The third kappa shape index (κ3) is 1.47. The van der Waals surface area contributed by atoms with Gasteiger partial charge >= 0.3 is 0 Å². The highest BCUT2D eigenvalue weighted by atomic mass is 16.5. The first-order valence-corrected chi connectivity index (χ1v) is 3.81. The standard InChI is InChI=1S/C10H13NO/c1-7-5-9(11-3)10(12-4)6-8(7)2/h5-6H,3H2,1-2,4H3. The Labute approximate surface area is 72.9 Å². The molecule has 0 amide bonds. The number of aryl methyl sites for hydroxylation is 2. The van der Waals surface area contributed by atoms with E-state index in [1.54, 1.807) is 7.11 Å². The summed E-state index contributed by atoms with van der Waals surface area (Å²) in [5, 5.41) is 0. The van der Waals surface area contributed by atoms with Crippen molar-refractivity contribution in [3.63, 3.8) is 0 Å². The maximum Gasteiger partial charge on any atom is 0.144 e. The molecule has 1 aromatic carbocycles. The molecule has 0 N–H and O–H groups in total. The zero-order valence-corrected chi connectivity index (χ0v) is 7.72. The van der Waals surface area contributed by atoms with E-state index in [2.05, 4.69) is 11.7 Å². The molecule has 2 heteroatoms. The van der Waals surface area contributed by atoms with Crippen LogP contribution in [0.15, 0.2) is 17.1 Å². The molecular weight excluding hydrogens is 150 g/mol. The predicted molar refractivity (Wildman–Crippen MR) is 51.7 cm³/mol. The zero-order chi connectivity index (χ0) is 9.14. The molecule has 12 heavy (non-hydrogen) atoms. The van der Waals surface area contributed by atoms with Crippen molar-refractivity contribution in [2.45, 2.75) is 13.8 Å². The van der Waals surface area contributed by atoms with Gasteiger partial charge in [-0.25, -0.2) is 0 Å². The Balaban J connectivity index is 3.28. The minimum atomic E-state index is 0.785. The van der Waals surface area contributed by atoms with Crippen LogP contribution in [0.5, 0.6) is 5.75 Å². The Bertz CT molecular complexity index is 305. The van der Waals surface area contributed by atoms with Gasteiger partial charge in [0.25, 0.3) is 0 Å². The van der Waals surface area contributed by atoms with Crippen LogP contribution in [0.25, 0.3) is 0 Å². The first-order chi connectivity index (χ1) is 5.69. The number of aliphatic imine (C=N–C) groups is 1. The predicted octanol–water partition coefficient (Wildman–Crippen LogP) is 2.64. The number of ether oxygens (including phenoxy) is 1. The lowest BCUT2D eigenvalue weighted by Crippen LogP contribution is -1.87. The molecule has 0 spiro atoms. The van der Waals surface area contributed by atoms with E-state index in [0.29, 0.717) is 0 Å². The fraction of sp³-hybridized carbons (Fsp3) is 0.300. The molecule has 0 saturated heterocycles. The van der Waals surface area contributed by atoms with Gasteiger partial charge in [0.2, 0.25) is 0 Å². The van der Waals surface area contributed by atoms with Gasteiger partial charge in [-0.05, 0) is 43.8 Å². The molecule has 0 heterocycles. The van der Waals surface area contributed by atoms with Crippen LogP contribution in [-0.4, -0.2) is 13.8 Å². The van der Waals surface area contributed by atoms with Gasteiger partial charge in [0.15, 0.2) is 0 Å². The van der Waals surface area contributed by atoms with Gasteiger partial charge in [0.05, 0.1) is 7.11 Å². The summed E-state index contributed by atoms with van der Waals surface area (Å²) in [5.74, 6) is 0.785. The number of rotatable bonds is 2. The molecule has 0 fully saturated rings.